The zero-order chi connectivity index (χ0) is 11.0. The fourth-order valence-corrected chi connectivity index (χ4v) is 2.84. The van der Waals surface area contributed by atoms with Crippen molar-refractivity contribution in [2.45, 2.75) is 44.2 Å². The standard InChI is InChI=1S/C7H8.2C3H7.Al.H/c1-7-5-3-2-4-6-7;2*1-3-2;;/h2-6H,1H3;2*3H,1-2H3;;/q;;;+1;-1. The van der Waals surface area contributed by atoms with Crippen LogP contribution in [-0.4, -0.2) is 15.2 Å². The summed E-state index contributed by atoms with van der Waals surface area (Å²) in [4.78, 5) is 0. The Bertz CT molecular complexity index is 213. The summed E-state index contributed by atoms with van der Waals surface area (Å²) in [5.41, 5.74) is 1.32. The van der Waals surface area contributed by atoms with Gasteiger partial charge in [0.2, 0.25) is 0 Å². The van der Waals surface area contributed by atoms with Crippen LogP contribution in [0.3, 0.4) is 0 Å². The molecule has 0 N–H and O–H groups in total. The van der Waals surface area contributed by atoms with Crippen LogP contribution in [-0.2, 0) is 0 Å². The fourth-order valence-electron chi connectivity index (χ4n) is 1.30. The quantitative estimate of drug-likeness (QED) is 0.627. The second kappa shape index (κ2) is 8.09. The van der Waals surface area contributed by atoms with E-state index in [0.717, 1.165) is 9.56 Å². The number of rotatable bonds is 2. The first kappa shape index (κ1) is 13.8. The summed E-state index contributed by atoms with van der Waals surface area (Å²) < 4.78 is 1.92. The second-order valence-corrected chi connectivity index (χ2v) is 7.39. The van der Waals surface area contributed by atoms with Crippen molar-refractivity contribution in [3.8, 4) is 0 Å². The first-order valence-electron chi connectivity index (χ1n) is 5.39. The molecule has 1 aromatic rings. The predicted octanol–water partition coefficient (Wildman–Crippen LogP) is 4.45. The van der Waals surface area contributed by atoms with Gasteiger partial charge in [0.25, 0.3) is 0 Å². The van der Waals surface area contributed by atoms with Gasteiger partial charge in [-0.05, 0) is 6.92 Å². The molecule has 0 aliphatic rings. The van der Waals surface area contributed by atoms with E-state index >= 15 is 0 Å². The van der Waals surface area contributed by atoms with E-state index in [4.69, 9.17) is 0 Å². The number of aryl methyl sites for hydroxylation is 1. The van der Waals surface area contributed by atoms with Gasteiger partial charge in [-0.25, -0.2) is 0 Å². The van der Waals surface area contributed by atoms with E-state index in [0.29, 0.717) is 15.2 Å². The molecule has 1 aromatic carbocycles. The van der Waals surface area contributed by atoms with Gasteiger partial charge < -0.3 is 1.43 Å². The molecule has 0 heterocycles. The summed E-state index contributed by atoms with van der Waals surface area (Å²) >= 11 is 0.713. The van der Waals surface area contributed by atoms with Crippen LogP contribution >= 0.6 is 0 Å². The van der Waals surface area contributed by atoms with Crippen LogP contribution in [0.15, 0.2) is 30.3 Å². The van der Waals surface area contributed by atoms with Gasteiger partial charge in [-0.3, -0.25) is 0 Å². The smallest absolute Gasteiger partial charge is 0.0398 e. The van der Waals surface area contributed by atoms with E-state index in [2.05, 4.69) is 46.8 Å². The molecule has 0 aliphatic heterocycles. The Morgan fingerprint density at radius 3 is 1.50 bits per heavy atom. The summed E-state index contributed by atoms with van der Waals surface area (Å²) in [5, 5.41) is 0. The van der Waals surface area contributed by atoms with Crippen molar-refractivity contribution >= 4 is 15.2 Å². The van der Waals surface area contributed by atoms with Crippen molar-refractivity contribution in [2.24, 2.45) is 0 Å². The SMILES string of the molecule is C[CH](C)[Al+][CH](C)C.Cc1ccccc1.[H-]. The molecule has 0 fully saturated rings. The zero-order valence-electron chi connectivity index (χ0n) is 11.1. The maximum absolute atomic E-state index is 2.30. The van der Waals surface area contributed by atoms with Gasteiger partial charge in [0.1, 0.15) is 0 Å². The third-order valence-corrected chi connectivity index (χ3v) is 3.25. The van der Waals surface area contributed by atoms with Gasteiger partial charge in [0.05, 0.1) is 0 Å². The van der Waals surface area contributed by atoms with E-state index < -0.39 is 0 Å². The van der Waals surface area contributed by atoms with E-state index in [1.54, 1.807) is 0 Å². The number of benzene rings is 1. The minimum Gasteiger partial charge on any atom is -1.00 e. The van der Waals surface area contributed by atoms with Crippen LogP contribution in [0, 0.1) is 6.92 Å². The van der Waals surface area contributed by atoms with Gasteiger partial charge in [0, 0.05) is 0 Å². The maximum Gasteiger partial charge on any atom is -0.0398 e. The summed E-state index contributed by atoms with van der Waals surface area (Å²) in [6, 6.07) is 10.3. The van der Waals surface area contributed by atoms with Crippen LogP contribution in [0.2, 0.25) is 9.56 Å². The largest absolute Gasteiger partial charge is 1.00 e. The summed E-state index contributed by atoms with van der Waals surface area (Å²) in [6.07, 6.45) is 0. The summed E-state index contributed by atoms with van der Waals surface area (Å²) in [7, 11) is 0. The van der Waals surface area contributed by atoms with Gasteiger partial charge in [-0.15, -0.1) is 0 Å². The molecular weight excluding hydrogens is 183 g/mol. The van der Waals surface area contributed by atoms with E-state index in [9.17, 15) is 0 Å². The molecule has 0 spiro atoms. The van der Waals surface area contributed by atoms with Gasteiger partial charge >= 0.3 is 52.5 Å². The molecule has 0 aliphatic carbocycles. The molecule has 78 valence electrons. The average Bonchev–Trinajstić information content (AvgIpc) is 2.03. The zero-order valence-corrected chi connectivity index (χ0v) is 11.3. The Morgan fingerprint density at radius 2 is 1.36 bits per heavy atom. The first-order chi connectivity index (χ1) is 6.52. The van der Waals surface area contributed by atoms with Crippen molar-refractivity contribution in [3.05, 3.63) is 35.9 Å². The molecule has 0 bridgehead atoms. The van der Waals surface area contributed by atoms with Crippen molar-refractivity contribution in [1.82, 2.24) is 0 Å². The van der Waals surface area contributed by atoms with Gasteiger partial charge in [-0.2, -0.15) is 0 Å². The molecule has 0 radical (unpaired) electrons. The Hall–Kier alpha value is -0.248. The molecule has 0 amide bonds. The van der Waals surface area contributed by atoms with Crippen LogP contribution in [0.4, 0.5) is 0 Å². The molecule has 1 heteroatoms. The molecule has 0 saturated carbocycles. The minimum absolute atomic E-state index is 0. The Kier molecular flexibility index (Phi) is 7.95. The van der Waals surface area contributed by atoms with E-state index in [1.807, 2.05) is 18.2 Å². The molecule has 1 rings (SSSR count). The fraction of sp³-hybridized carbons (Fsp3) is 0.538. The van der Waals surface area contributed by atoms with Crippen molar-refractivity contribution < 1.29 is 1.43 Å². The summed E-state index contributed by atoms with van der Waals surface area (Å²) in [5.74, 6) is 0. The van der Waals surface area contributed by atoms with Gasteiger partial charge in [-0.1, -0.05) is 35.9 Å². The molecule has 0 atom stereocenters. The summed E-state index contributed by atoms with van der Waals surface area (Å²) in [6.45, 7) is 11.3. The minimum atomic E-state index is 0. The van der Waals surface area contributed by atoms with Crippen LogP contribution in [0.5, 0.6) is 0 Å². The molecule has 0 aromatic heterocycles. The normalized spacial score (nSPS) is 9.36. The third kappa shape index (κ3) is 9.84. The van der Waals surface area contributed by atoms with Crippen LogP contribution in [0.25, 0.3) is 0 Å². The topological polar surface area (TPSA) is 0 Å². The van der Waals surface area contributed by atoms with E-state index in [-0.39, 0.29) is 1.43 Å². The first-order valence-corrected chi connectivity index (χ1v) is 6.72. The van der Waals surface area contributed by atoms with E-state index in [1.165, 1.54) is 5.56 Å². The van der Waals surface area contributed by atoms with Crippen LogP contribution in [0.1, 0.15) is 34.7 Å². The molecule has 0 nitrogen and oxygen atoms in total. The Labute approximate surface area is 96.9 Å². The third-order valence-electron chi connectivity index (χ3n) is 1.71. The average molecular weight is 206 g/mol. The Morgan fingerprint density at radius 1 is 0.929 bits per heavy atom. The monoisotopic (exact) mass is 206 g/mol. The molecule has 14 heavy (non-hydrogen) atoms. The molecule has 0 unspecified atom stereocenters. The number of hydrogen-bond acceptors (Lipinski definition) is 0. The maximum atomic E-state index is 2.30. The second-order valence-electron chi connectivity index (χ2n) is 4.34. The van der Waals surface area contributed by atoms with Crippen molar-refractivity contribution in [3.63, 3.8) is 0 Å². The molecular formula is C13H23Al. The van der Waals surface area contributed by atoms with Crippen LogP contribution < -0.4 is 0 Å². The number of hydrogen-bond donors (Lipinski definition) is 0. The Balaban J connectivity index is 0. The molecule has 0 saturated heterocycles. The predicted molar refractivity (Wildman–Crippen MR) is 68.2 cm³/mol. The van der Waals surface area contributed by atoms with Crippen molar-refractivity contribution in [2.75, 3.05) is 0 Å². The van der Waals surface area contributed by atoms with Gasteiger partial charge in [0.15, 0.2) is 0 Å². The van der Waals surface area contributed by atoms with Crippen molar-refractivity contribution in [1.29, 1.82) is 0 Å².